The highest BCUT2D eigenvalue weighted by Gasteiger charge is 2.16. The van der Waals surface area contributed by atoms with Crippen molar-refractivity contribution in [2.24, 2.45) is 0 Å². The monoisotopic (exact) mass is 286 g/mol. The zero-order valence-corrected chi connectivity index (χ0v) is 13.8. The lowest BCUT2D eigenvalue weighted by Gasteiger charge is -2.21. The topological polar surface area (TPSA) is 0 Å². The molecule has 0 aromatic heterocycles. The first-order valence-corrected chi connectivity index (χ1v) is 7.82. The highest BCUT2D eigenvalue weighted by atomic mass is 14.2. The molecular formula is C22H22. The molecule has 0 aliphatic carbocycles. The van der Waals surface area contributed by atoms with E-state index >= 15 is 0 Å². The molecule has 22 heavy (non-hydrogen) atoms. The summed E-state index contributed by atoms with van der Waals surface area (Å²) in [6, 6.07) is 21.4. The summed E-state index contributed by atoms with van der Waals surface area (Å²) in [4.78, 5) is 0. The van der Waals surface area contributed by atoms with Gasteiger partial charge in [-0.2, -0.15) is 0 Å². The summed E-state index contributed by atoms with van der Waals surface area (Å²) in [6.07, 6.45) is 0. The molecule has 3 aromatic rings. The van der Waals surface area contributed by atoms with E-state index in [9.17, 15) is 0 Å². The molecule has 0 aliphatic heterocycles. The molecule has 0 N–H and O–H groups in total. The van der Waals surface area contributed by atoms with Crippen molar-refractivity contribution in [3.8, 4) is 22.3 Å². The number of hydrogen-bond donors (Lipinski definition) is 0. The molecule has 0 atom stereocenters. The summed E-state index contributed by atoms with van der Waals surface area (Å²) in [5.41, 5.74) is 10.9. The van der Waals surface area contributed by atoms with E-state index in [4.69, 9.17) is 0 Å². The van der Waals surface area contributed by atoms with Gasteiger partial charge in [-0.15, -0.1) is 0 Å². The van der Waals surface area contributed by atoms with Crippen molar-refractivity contribution >= 4 is 0 Å². The van der Waals surface area contributed by atoms with E-state index in [1.165, 1.54) is 44.5 Å². The lowest BCUT2D eigenvalue weighted by Crippen LogP contribution is -1.99. The summed E-state index contributed by atoms with van der Waals surface area (Å²) in [6.45, 7) is 8.99. The minimum atomic E-state index is 1.31. The highest BCUT2D eigenvalue weighted by Crippen LogP contribution is 2.38. The van der Waals surface area contributed by atoms with Crippen molar-refractivity contribution in [1.29, 1.82) is 0 Å². The molecule has 0 saturated carbocycles. The Morgan fingerprint density at radius 1 is 0.409 bits per heavy atom. The van der Waals surface area contributed by atoms with Crippen molar-refractivity contribution in [3.05, 3.63) is 82.9 Å². The first-order valence-electron chi connectivity index (χ1n) is 7.82. The minimum Gasteiger partial charge on any atom is -0.0622 e. The molecule has 0 saturated heterocycles. The van der Waals surface area contributed by atoms with Gasteiger partial charge in [-0.1, -0.05) is 60.7 Å². The van der Waals surface area contributed by atoms with Crippen LogP contribution < -0.4 is 0 Å². The fraction of sp³-hybridized carbons (Fsp3) is 0.182. The zero-order chi connectivity index (χ0) is 15.7. The molecule has 3 aromatic carbocycles. The molecule has 0 spiro atoms. The van der Waals surface area contributed by atoms with Crippen molar-refractivity contribution in [1.82, 2.24) is 0 Å². The summed E-state index contributed by atoms with van der Waals surface area (Å²) < 4.78 is 0. The SMILES string of the molecule is Cc1c(C)c(-c2ccccc2)c(C)c(C)c1-c1ccccc1. The number of rotatable bonds is 2. The van der Waals surface area contributed by atoms with Gasteiger partial charge >= 0.3 is 0 Å². The van der Waals surface area contributed by atoms with Crippen molar-refractivity contribution in [3.63, 3.8) is 0 Å². The van der Waals surface area contributed by atoms with Crippen LogP contribution in [0.1, 0.15) is 22.3 Å². The van der Waals surface area contributed by atoms with E-state index in [-0.39, 0.29) is 0 Å². The van der Waals surface area contributed by atoms with Crippen LogP contribution in [0.3, 0.4) is 0 Å². The molecule has 0 heteroatoms. The summed E-state index contributed by atoms with van der Waals surface area (Å²) in [5.74, 6) is 0. The van der Waals surface area contributed by atoms with E-state index in [1.54, 1.807) is 0 Å². The van der Waals surface area contributed by atoms with Crippen LogP contribution in [0.4, 0.5) is 0 Å². The average Bonchev–Trinajstić information content (AvgIpc) is 2.55. The van der Waals surface area contributed by atoms with Gasteiger partial charge in [0.25, 0.3) is 0 Å². The molecule has 0 bridgehead atoms. The van der Waals surface area contributed by atoms with Crippen LogP contribution in [-0.4, -0.2) is 0 Å². The second-order valence-electron chi connectivity index (χ2n) is 5.98. The van der Waals surface area contributed by atoms with E-state index in [2.05, 4.69) is 88.4 Å². The first kappa shape index (κ1) is 14.6. The normalized spacial score (nSPS) is 10.7. The van der Waals surface area contributed by atoms with Crippen molar-refractivity contribution < 1.29 is 0 Å². The number of benzene rings is 3. The summed E-state index contributed by atoms with van der Waals surface area (Å²) in [7, 11) is 0. The van der Waals surface area contributed by atoms with Crippen LogP contribution in [0.15, 0.2) is 60.7 Å². The van der Waals surface area contributed by atoms with Crippen LogP contribution in [0, 0.1) is 27.7 Å². The Kier molecular flexibility index (Phi) is 3.85. The van der Waals surface area contributed by atoms with Crippen molar-refractivity contribution in [2.45, 2.75) is 27.7 Å². The first-order chi connectivity index (χ1) is 10.6. The van der Waals surface area contributed by atoms with Gasteiger partial charge in [0.1, 0.15) is 0 Å². The highest BCUT2D eigenvalue weighted by molar-refractivity contribution is 5.82. The van der Waals surface area contributed by atoms with Gasteiger partial charge < -0.3 is 0 Å². The molecule has 0 unspecified atom stereocenters. The molecule has 0 fully saturated rings. The van der Waals surface area contributed by atoms with E-state index in [1.807, 2.05) is 0 Å². The maximum Gasteiger partial charge on any atom is -0.0120 e. The lowest BCUT2D eigenvalue weighted by atomic mass is 9.83. The summed E-state index contributed by atoms with van der Waals surface area (Å²) >= 11 is 0. The molecule has 3 rings (SSSR count). The second-order valence-corrected chi connectivity index (χ2v) is 5.98. The predicted molar refractivity (Wildman–Crippen MR) is 96.3 cm³/mol. The third kappa shape index (κ3) is 2.35. The van der Waals surface area contributed by atoms with Gasteiger partial charge in [0.05, 0.1) is 0 Å². The van der Waals surface area contributed by atoms with Gasteiger partial charge in [0.2, 0.25) is 0 Å². The van der Waals surface area contributed by atoms with Gasteiger partial charge in [0.15, 0.2) is 0 Å². The molecule has 0 nitrogen and oxygen atoms in total. The molecule has 0 radical (unpaired) electrons. The second kappa shape index (κ2) is 5.81. The Morgan fingerprint density at radius 2 is 0.682 bits per heavy atom. The van der Waals surface area contributed by atoms with Crippen LogP contribution in [0.5, 0.6) is 0 Å². The van der Waals surface area contributed by atoms with E-state index in [0.29, 0.717) is 0 Å². The van der Waals surface area contributed by atoms with Gasteiger partial charge in [-0.05, 0) is 72.2 Å². The lowest BCUT2D eigenvalue weighted by molar-refractivity contribution is 1.25. The molecule has 0 amide bonds. The Bertz CT molecular complexity index is 697. The van der Waals surface area contributed by atoms with Crippen molar-refractivity contribution in [2.75, 3.05) is 0 Å². The molecule has 0 aliphatic rings. The Balaban J connectivity index is 2.31. The molecule has 0 heterocycles. The van der Waals surface area contributed by atoms with Crippen LogP contribution in [0.2, 0.25) is 0 Å². The van der Waals surface area contributed by atoms with E-state index in [0.717, 1.165) is 0 Å². The fourth-order valence-corrected chi connectivity index (χ4v) is 3.39. The van der Waals surface area contributed by atoms with Crippen LogP contribution in [-0.2, 0) is 0 Å². The smallest absolute Gasteiger partial charge is 0.0120 e. The predicted octanol–water partition coefficient (Wildman–Crippen LogP) is 6.25. The minimum absolute atomic E-state index is 1.31. The quantitative estimate of drug-likeness (QED) is 0.522. The maximum absolute atomic E-state index is 2.25. The zero-order valence-electron chi connectivity index (χ0n) is 13.8. The largest absolute Gasteiger partial charge is 0.0622 e. The van der Waals surface area contributed by atoms with Gasteiger partial charge in [0, 0.05) is 0 Å². The Hall–Kier alpha value is -2.34. The van der Waals surface area contributed by atoms with Gasteiger partial charge in [-0.3, -0.25) is 0 Å². The fourth-order valence-electron chi connectivity index (χ4n) is 3.39. The number of hydrogen-bond acceptors (Lipinski definition) is 0. The standard InChI is InChI=1S/C22H22/c1-15-16(2)22(20-13-9-6-10-14-20)18(4)17(3)21(15)19-11-7-5-8-12-19/h5-14H,1-4H3. The molecule has 110 valence electrons. The molecular weight excluding hydrogens is 264 g/mol. The Labute approximate surface area is 133 Å². The van der Waals surface area contributed by atoms with Gasteiger partial charge in [-0.25, -0.2) is 0 Å². The summed E-state index contributed by atoms with van der Waals surface area (Å²) in [5, 5.41) is 0. The van der Waals surface area contributed by atoms with Crippen LogP contribution >= 0.6 is 0 Å². The Morgan fingerprint density at radius 3 is 0.955 bits per heavy atom. The van der Waals surface area contributed by atoms with Crippen LogP contribution in [0.25, 0.3) is 22.3 Å². The third-order valence-electron chi connectivity index (χ3n) is 4.75. The average molecular weight is 286 g/mol. The van der Waals surface area contributed by atoms with E-state index < -0.39 is 0 Å². The third-order valence-corrected chi connectivity index (χ3v) is 4.75. The maximum atomic E-state index is 2.25.